The van der Waals surface area contributed by atoms with Crippen molar-refractivity contribution >= 4 is 0 Å². The van der Waals surface area contributed by atoms with Crippen LogP contribution in [-0.2, 0) is 12.8 Å². The molecule has 3 heteroatoms. The van der Waals surface area contributed by atoms with Crippen LogP contribution in [0.5, 0.6) is 0 Å². The van der Waals surface area contributed by atoms with Crippen LogP contribution >= 0.6 is 0 Å². The van der Waals surface area contributed by atoms with E-state index < -0.39 is 0 Å². The molecule has 1 aromatic rings. The highest BCUT2D eigenvalue weighted by molar-refractivity contribution is 5.22. The summed E-state index contributed by atoms with van der Waals surface area (Å²) in [5.74, 6) is 3.46. The molecule has 0 saturated heterocycles. The number of fused-ring (bicyclic) bond motifs is 1. The monoisotopic (exact) mass is 287 g/mol. The first-order chi connectivity index (χ1) is 10.3. The molecule has 1 aromatic heterocycles. The number of nitrogens with one attached hydrogen (secondary N) is 1. The van der Waals surface area contributed by atoms with Gasteiger partial charge in [-0.3, -0.25) is 0 Å². The van der Waals surface area contributed by atoms with Crippen molar-refractivity contribution in [3.8, 4) is 0 Å². The molecule has 1 unspecified atom stereocenters. The average molecular weight is 287 g/mol. The van der Waals surface area contributed by atoms with Crippen LogP contribution in [0.15, 0.2) is 6.20 Å². The predicted octanol–water partition coefficient (Wildman–Crippen LogP) is 3.48. The minimum absolute atomic E-state index is 0.619. The Labute approximate surface area is 129 Å². The number of aryl methyl sites for hydroxylation is 1. The van der Waals surface area contributed by atoms with Gasteiger partial charge in [-0.1, -0.05) is 13.3 Å². The summed E-state index contributed by atoms with van der Waals surface area (Å²) in [6, 6.07) is 0. The zero-order chi connectivity index (χ0) is 14.7. The number of rotatable bonds is 4. The van der Waals surface area contributed by atoms with Gasteiger partial charge in [-0.05, 0) is 75.9 Å². The normalized spacial score (nSPS) is 29.1. The number of hydrogen-bond acceptors (Lipinski definition) is 3. The van der Waals surface area contributed by atoms with Crippen molar-refractivity contribution in [3.05, 3.63) is 23.3 Å². The SMILES string of the molecule is CCC1CCC(c2ncc3c(n2)CCC(CNC)C3)CC1. The lowest BCUT2D eigenvalue weighted by Gasteiger charge is -2.28. The van der Waals surface area contributed by atoms with Crippen molar-refractivity contribution in [3.63, 3.8) is 0 Å². The standard InChI is InChI=1S/C18H29N3/c1-3-13-4-7-15(8-5-13)18-20-12-16-10-14(11-19-2)6-9-17(16)21-18/h12-15,19H,3-11H2,1-2H3. The molecule has 116 valence electrons. The average Bonchev–Trinajstić information content (AvgIpc) is 2.55. The van der Waals surface area contributed by atoms with E-state index in [4.69, 9.17) is 9.97 Å². The van der Waals surface area contributed by atoms with Crippen LogP contribution < -0.4 is 5.32 Å². The molecular formula is C18H29N3. The maximum atomic E-state index is 4.95. The molecule has 1 fully saturated rings. The van der Waals surface area contributed by atoms with E-state index in [1.807, 2.05) is 7.05 Å². The van der Waals surface area contributed by atoms with Crippen LogP contribution in [0.3, 0.4) is 0 Å². The van der Waals surface area contributed by atoms with Crippen molar-refractivity contribution in [1.82, 2.24) is 15.3 Å². The summed E-state index contributed by atoms with van der Waals surface area (Å²) < 4.78 is 0. The van der Waals surface area contributed by atoms with Gasteiger partial charge in [0, 0.05) is 17.8 Å². The smallest absolute Gasteiger partial charge is 0.131 e. The predicted molar refractivity (Wildman–Crippen MR) is 86.5 cm³/mol. The van der Waals surface area contributed by atoms with Gasteiger partial charge in [0.15, 0.2) is 0 Å². The Morgan fingerprint density at radius 1 is 1.14 bits per heavy atom. The largest absolute Gasteiger partial charge is 0.319 e. The Bertz CT molecular complexity index is 464. The minimum Gasteiger partial charge on any atom is -0.319 e. The lowest BCUT2D eigenvalue weighted by atomic mass is 9.80. The zero-order valence-corrected chi connectivity index (χ0v) is 13.6. The van der Waals surface area contributed by atoms with E-state index in [0.29, 0.717) is 5.92 Å². The molecule has 1 atom stereocenters. The zero-order valence-electron chi connectivity index (χ0n) is 13.6. The Morgan fingerprint density at radius 2 is 1.95 bits per heavy atom. The molecule has 1 N–H and O–H groups in total. The minimum atomic E-state index is 0.619. The maximum Gasteiger partial charge on any atom is 0.131 e. The van der Waals surface area contributed by atoms with Gasteiger partial charge < -0.3 is 5.32 Å². The van der Waals surface area contributed by atoms with E-state index in [0.717, 1.165) is 37.0 Å². The van der Waals surface area contributed by atoms with Crippen LogP contribution in [-0.4, -0.2) is 23.6 Å². The number of nitrogens with zero attached hydrogens (tertiary/aromatic N) is 2. The second-order valence-corrected chi connectivity index (χ2v) is 6.99. The van der Waals surface area contributed by atoms with Crippen molar-refractivity contribution in [1.29, 1.82) is 0 Å². The maximum absolute atomic E-state index is 4.95. The quantitative estimate of drug-likeness (QED) is 0.921. The van der Waals surface area contributed by atoms with Gasteiger partial charge in [0.1, 0.15) is 5.82 Å². The summed E-state index contributed by atoms with van der Waals surface area (Å²) in [6.07, 6.45) is 12.3. The third-order valence-corrected chi connectivity index (χ3v) is 5.55. The van der Waals surface area contributed by atoms with Crippen molar-refractivity contribution in [2.75, 3.05) is 13.6 Å². The van der Waals surface area contributed by atoms with Gasteiger partial charge in [0.25, 0.3) is 0 Å². The van der Waals surface area contributed by atoms with Gasteiger partial charge in [-0.2, -0.15) is 0 Å². The topological polar surface area (TPSA) is 37.8 Å². The second-order valence-electron chi connectivity index (χ2n) is 6.99. The van der Waals surface area contributed by atoms with E-state index in [9.17, 15) is 0 Å². The summed E-state index contributed by atoms with van der Waals surface area (Å²) >= 11 is 0. The van der Waals surface area contributed by atoms with E-state index in [1.165, 1.54) is 49.8 Å². The summed E-state index contributed by atoms with van der Waals surface area (Å²) in [6.45, 7) is 3.43. The second kappa shape index (κ2) is 6.87. The summed E-state index contributed by atoms with van der Waals surface area (Å²) in [7, 11) is 2.04. The highest BCUT2D eigenvalue weighted by Crippen LogP contribution is 2.36. The van der Waals surface area contributed by atoms with Crippen molar-refractivity contribution in [2.24, 2.45) is 11.8 Å². The Balaban J connectivity index is 1.67. The molecule has 3 nitrogen and oxygen atoms in total. The van der Waals surface area contributed by atoms with Crippen LogP contribution in [0.4, 0.5) is 0 Å². The van der Waals surface area contributed by atoms with E-state index in [1.54, 1.807) is 0 Å². The molecule has 1 heterocycles. The lowest BCUT2D eigenvalue weighted by molar-refractivity contribution is 0.311. The molecule has 0 bridgehead atoms. The summed E-state index contributed by atoms with van der Waals surface area (Å²) in [5, 5.41) is 3.30. The van der Waals surface area contributed by atoms with Gasteiger partial charge in [0.2, 0.25) is 0 Å². The number of aromatic nitrogens is 2. The Morgan fingerprint density at radius 3 is 2.67 bits per heavy atom. The molecule has 0 spiro atoms. The lowest BCUT2D eigenvalue weighted by Crippen LogP contribution is -2.26. The van der Waals surface area contributed by atoms with Crippen LogP contribution in [0.1, 0.15) is 68.4 Å². The summed E-state index contributed by atoms with van der Waals surface area (Å²) in [4.78, 5) is 9.68. The summed E-state index contributed by atoms with van der Waals surface area (Å²) in [5.41, 5.74) is 2.73. The molecule has 0 aromatic carbocycles. The number of hydrogen-bond donors (Lipinski definition) is 1. The fourth-order valence-corrected chi connectivity index (χ4v) is 4.09. The molecule has 0 amide bonds. The van der Waals surface area contributed by atoms with Gasteiger partial charge >= 0.3 is 0 Å². The van der Waals surface area contributed by atoms with Gasteiger partial charge in [-0.15, -0.1) is 0 Å². The first-order valence-corrected chi connectivity index (χ1v) is 8.79. The third kappa shape index (κ3) is 3.45. The molecule has 3 rings (SSSR count). The van der Waals surface area contributed by atoms with E-state index in [2.05, 4.69) is 18.4 Å². The van der Waals surface area contributed by atoms with Crippen LogP contribution in [0, 0.1) is 11.8 Å². The van der Waals surface area contributed by atoms with Gasteiger partial charge in [0.05, 0.1) is 0 Å². The van der Waals surface area contributed by atoms with Gasteiger partial charge in [-0.25, -0.2) is 9.97 Å². The van der Waals surface area contributed by atoms with E-state index >= 15 is 0 Å². The fraction of sp³-hybridized carbons (Fsp3) is 0.778. The molecule has 21 heavy (non-hydrogen) atoms. The molecule has 0 aliphatic heterocycles. The molecule has 1 saturated carbocycles. The highest BCUT2D eigenvalue weighted by Gasteiger charge is 2.25. The van der Waals surface area contributed by atoms with Crippen molar-refractivity contribution < 1.29 is 0 Å². The fourth-order valence-electron chi connectivity index (χ4n) is 4.09. The molecular weight excluding hydrogens is 258 g/mol. The molecule has 2 aliphatic carbocycles. The van der Waals surface area contributed by atoms with Crippen LogP contribution in [0.2, 0.25) is 0 Å². The first-order valence-electron chi connectivity index (χ1n) is 8.79. The Hall–Kier alpha value is -0.960. The van der Waals surface area contributed by atoms with Crippen LogP contribution in [0.25, 0.3) is 0 Å². The third-order valence-electron chi connectivity index (χ3n) is 5.55. The Kier molecular flexibility index (Phi) is 4.89. The van der Waals surface area contributed by atoms with E-state index in [-0.39, 0.29) is 0 Å². The molecule has 0 radical (unpaired) electrons. The molecule has 2 aliphatic rings. The first kappa shape index (κ1) is 15.0. The van der Waals surface area contributed by atoms with Crippen molar-refractivity contribution in [2.45, 2.75) is 64.2 Å². The highest BCUT2D eigenvalue weighted by atomic mass is 14.9.